The van der Waals surface area contributed by atoms with Crippen LogP contribution >= 0.6 is 15.2 Å². The SMILES string of the molecule is C=CC(C)NC(P(=O)(O)O)P(=O)(O)O.[H-].[H-].[Na+].[Na+]. The Labute approximate surface area is 141 Å². The molecule has 1 atom stereocenters. The third kappa shape index (κ3) is 9.00. The molecule has 0 aliphatic carbocycles. The average molecular weight is 293 g/mol. The maximum atomic E-state index is 10.7. The summed E-state index contributed by atoms with van der Waals surface area (Å²) in [6.07, 6.45) is 1.28. The van der Waals surface area contributed by atoms with Crippen molar-refractivity contribution in [3.05, 3.63) is 12.7 Å². The molecule has 0 heterocycles. The molecule has 0 saturated heterocycles. The summed E-state index contributed by atoms with van der Waals surface area (Å²) in [5.74, 6) is 0. The Morgan fingerprint density at radius 2 is 1.50 bits per heavy atom. The zero-order valence-corrected chi connectivity index (χ0v) is 15.2. The Kier molecular flexibility index (Phi) is 13.0. The Morgan fingerprint density at radius 1 is 1.19 bits per heavy atom. The van der Waals surface area contributed by atoms with Gasteiger partial charge in [-0.25, -0.2) is 0 Å². The van der Waals surface area contributed by atoms with Gasteiger partial charge in [-0.1, -0.05) is 6.08 Å². The molecule has 7 nitrogen and oxygen atoms in total. The van der Waals surface area contributed by atoms with Gasteiger partial charge in [-0.2, -0.15) is 0 Å². The summed E-state index contributed by atoms with van der Waals surface area (Å²) in [5.41, 5.74) is -2.18. The van der Waals surface area contributed by atoms with Crippen molar-refractivity contribution in [1.82, 2.24) is 5.32 Å². The van der Waals surface area contributed by atoms with E-state index in [2.05, 4.69) is 11.9 Å². The second-order valence-electron chi connectivity index (χ2n) is 2.74. The second kappa shape index (κ2) is 8.99. The van der Waals surface area contributed by atoms with Crippen LogP contribution in [0.2, 0.25) is 0 Å². The Morgan fingerprint density at radius 3 is 1.69 bits per heavy atom. The molecule has 11 heteroatoms. The van der Waals surface area contributed by atoms with E-state index >= 15 is 0 Å². The predicted molar refractivity (Wildman–Crippen MR) is 52.9 cm³/mol. The minimum atomic E-state index is -4.89. The van der Waals surface area contributed by atoms with Crippen LogP contribution in [0.1, 0.15) is 9.78 Å². The zero-order valence-electron chi connectivity index (χ0n) is 11.4. The van der Waals surface area contributed by atoms with Crippen molar-refractivity contribution < 1.29 is 90.7 Å². The van der Waals surface area contributed by atoms with Gasteiger partial charge < -0.3 is 22.4 Å². The summed E-state index contributed by atoms with van der Waals surface area (Å²) in [5, 5.41) is 2.10. The van der Waals surface area contributed by atoms with Crippen molar-refractivity contribution in [3.63, 3.8) is 0 Å². The fourth-order valence-electron chi connectivity index (χ4n) is 0.693. The van der Waals surface area contributed by atoms with E-state index in [0.717, 1.165) is 0 Å². The quantitative estimate of drug-likeness (QED) is 0.194. The first-order chi connectivity index (χ1) is 6.09. The van der Waals surface area contributed by atoms with Crippen LogP contribution in [0.15, 0.2) is 12.7 Å². The molecular weight excluding hydrogens is 278 g/mol. The van der Waals surface area contributed by atoms with E-state index in [-0.39, 0.29) is 62.0 Å². The molecule has 16 heavy (non-hydrogen) atoms. The topological polar surface area (TPSA) is 127 Å². The Bertz CT molecular complexity index is 288. The van der Waals surface area contributed by atoms with Gasteiger partial charge in [0.15, 0.2) is 0 Å². The van der Waals surface area contributed by atoms with Crippen molar-refractivity contribution in [3.8, 4) is 0 Å². The first-order valence-corrected chi connectivity index (χ1v) is 6.94. The molecule has 5 N–H and O–H groups in total. The zero-order chi connectivity index (χ0) is 11.6. The van der Waals surface area contributed by atoms with Crippen molar-refractivity contribution in [1.29, 1.82) is 0 Å². The van der Waals surface area contributed by atoms with E-state index in [1.807, 2.05) is 0 Å². The number of rotatable bonds is 5. The Balaban J connectivity index is -0.000000141. The maximum absolute atomic E-state index is 10.7. The van der Waals surface area contributed by atoms with Gasteiger partial charge in [0.1, 0.15) is 0 Å². The van der Waals surface area contributed by atoms with Crippen molar-refractivity contribution >= 4 is 15.2 Å². The van der Waals surface area contributed by atoms with E-state index in [9.17, 15) is 9.13 Å². The van der Waals surface area contributed by atoms with Crippen molar-refractivity contribution in [2.24, 2.45) is 0 Å². The second-order valence-corrected chi connectivity index (χ2v) is 6.54. The third-order valence-corrected chi connectivity index (χ3v) is 4.78. The molecule has 0 aliphatic heterocycles. The summed E-state index contributed by atoms with van der Waals surface area (Å²) in [6.45, 7) is 4.77. The molecule has 0 fully saturated rings. The molecule has 0 aromatic carbocycles. The van der Waals surface area contributed by atoms with Gasteiger partial charge in [-0.05, 0) is 6.92 Å². The largest absolute Gasteiger partial charge is 1.00 e. The minimum absolute atomic E-state index is 0. The molecule has 0 amide bonds. The Hall–Kier alpha value is 2.00. The molecule has 0 spiro atoms. The normalized spacial score (nSPS) is 13.6. The van der Waals surface area contributed by atoms with Crippen LogP contribution in [0.3, 0.4) is 0 Å². The fourth-order valence-corrected chi connectivity index (χ4v) is 3.12. The smallest absolute Gasteiger partial charge is 1.00 e. The monoisotopic (exact) mass is 293 g/mol. The summed E-state index contributed by atoms with van der Waals surface area (Å²) in [6, 6.07) is -0.611. The molecule has 0 aliphatic rings. The molecule has 0 aromatic rings. The predicted octanol–water partition coefficient (Wildman–Crippen LogP) is -5.98. The maximum Gasteiger partial charge on any atom is 1.00 e. The van der Waals surface area contributed by atoms with E-state index in [4.69, 9.17) is 19.6 Å². The summed E-state index contributed by atoms with van der Waals surface area (Å²) in [4.78, 5) is 34.7. The summed E-state index contributed by atoms with van der Waals surface area (Å²) >= 11 is 0. The van der Waals surface area contributed by atoms with E-state index in [0.29, 0.717) is 0 Å². The first kappa shape index (κ1) is 23.1. The first-order valence-electron chi connectivity index (χ1n) is 3.58. The van der Waals surface area contributed by atoms with Gasteiger partial charge in [0.05, 0.1) is 0 Å². The number of hydrogen-bond donors (Lipinski definition) is 5. The van der Waals surface area contributed by atoms with E-state index in [1.165, 1.54) is 13.0 Å². The molecule has 0 bridgehead atoms. The molecule has 1 unspecified atom stereocenters. The van der Waals surface area contributed by atoms with Crippen LogP contribution in [0.25, 0.3) is 0 Å². The van der Waals surface area contributed by atoms with Gasteiger partial charge in [-0.3, -0.25) is 14.4 Å². The van der Waals surface area contributed by atoms with Crippen LogP contribution in [-0.4, -0.2) is 31.1 Å². The summed E-state index contributed by atoms with van der Waals surface area (Å²) in [7, 11) is -9.77. The molecule has 0 aromatic heterocycles. The van der Waals surface area contributed by atoms with E-state index in [1.54, 1.807) is 0 Å². The third-order valence-electron chi connectivity index (χ3n) is 1.40. The van der Waals surface area contributed by atoms with Crippen LogP contribution in [0.4, 0.5) is 0 Å². The van der Waals surface area contributed by atoms with Gasteiger partial charge >= 0.3 is 74.3 Å². The number of nitrogens with one attached hydrogen (secondary N) is 1. The van der Waals surface area contributed by atoms with Crippen molar-refractivity contribution in [2.45, 2.75) is 18.5 Å². The van der Waals surface area contributed by atoms with Gasteiger partial charge in [-0.15, -0.1) is 6.58 Å². The van der Waals surface area contributed by atoms with Crippen LogP contribution in [0.5, 0.6) is 0 Å². The molecule has 0 radical (unpaired) electrons. The fraction of sp³-hybridized carbons (Fsp3) is 0.600. The number of hydrogen-bond acceptors (Lipinski definition) is 3. The molecule has 0 rings (SSSR count). The molecule has 0 saturated carbocycles. The average Bonchev–Trinajstić information content (AvgIpc) is 1.95. The van der Waals surface area contributed by atoms with Gasteiger partial charge in [0, 0.05) is 6.04 Å². The van der Waals surface area contributed by atoms with Crippen LogP contribution in [-0.2, 0) is 9.13 Å². The van der Waals surface area contributed by atoms with Crippen LogP contribution < -0.4 is 64.4 Å². The molecular formula is C5H15NNa2O6P2. The van der Waals surface area contributed by atoms with Gasteiger partial charge in [0.25, 0.3) is 0 Å². The van der Waals surface area contributed by atoms with E-state index < -0.39 is 26.8 Å². The minimum Gasteiger partial charge on any atom is -1.00 e. The summed E-state index contributed by atoms with van der Waals surface area (Å²) < 4.78 is 21.5. The standard InChI is InChI=1S/C5H13NO6P2.2Na.2H/c1-3-4(2)6-5(13(7,8)9)14(10,11)12;;;;/h3-6H,1H2,2H3,(H2,7,8,9)(H2,10,11,12);;;;/q;2*+1;2*-1. The van der Waals surface area contributed by atoms with Crippen LogP contribution in [0, 0.1) is 0 Å². The van der Waals surface area contributed by atoms with Gasteiger partial charge in [0.2, 0.25) is 5.52 Å². The molecule has 88 valence electrons. The van der Waals surface area contributed by atoms with Crippen molar-refractivity contribution in [2.75, 3.05) is 0 Å².